The molecule has 3 aromatic rings. The first kappa shape index (κ1) is 22.7. The van der Waals surface area contributed by atoms with E-state index < -0.39 is 0 Å². The Hall–Kier alpha value is -2.03. The van der Waals surface area contributed by atoms with Gasteiger partial charge < -0.3 is 14.5 Å². The fourth-order valence-corrected chi connectivity index (χ4v) is 4.31. The number of ether oxygens (including phenoxy) is 1. The molecule has 0 aliphatic heterocycles. The number of amides is 1. The maximum atomic E-state index is 12.4. The molecule has 0 unspecified atom stereocenters. The number of carbonyl (C=O) groups excluding carboxylic acids is 1. The summed E-state index contributed by atoms with van der Waals surface area (Å²) in [5, 5.41) is 3.42. The molecule has 1 amide bonds. The summed E-state index contributed by atoms with van der Waals surface area (Å²) < 4.78 is 12.3. The molecule has 0 saturated heterocycles. The number of alkyl halides is 1. The van der Waals surface area contributed by atoms with E-state index in [2.05, 4.69) is 36.1 Å². The average molecular weight is 466 g/mol. The number of hydrogen-bond donors (Lipinski definition) is 1. The summed E-state index contributed by atoms with van der Waals surface area (Å²) in [6.45, 7) is 6.70. The van der Waals surface area contributed by atoms with Crippen LogP contribution in [-0.2, 0) is 22.4 Å². The minimum atomic E-state index is -0.127. The zero-order chi connectivity index (χ0) is 21.6. The van der Waals surface area contributed by atoms with Crippen LogP contribution in [0.1, 0.15) is 38.0 Å². The maximum absolute atomic E-state index is 12.4. The van der Waals surface area contributed by atoms with Gasteiger partial charge in [0.25, 0.3) is 0 Å². The highest BCUT2D eigenvalue weighted by Gasteiger charge is 2.19. The van der Waals surface area contributed by atoms with Crippen molar-refractivity contribution >= 4 is 45.7 Å². The predicted molar refractivity (Wildman–Crippen MR) is 122 cm³/mol. The Morgan fingerprint density at radius 1 is 1.30 bits per heavy atom. The van der Waals surface area contributed by atoms with Gasteiger partial charge in [0.15, 0.2) is 5.13 Å². The second-order valence-corrected chi connectivity index (χ2v) is 10.2. The lowest BCUT2D eigenvalue weighted by molar-refractivity contribution is -0.115. The molecular weight excluding hydrogens is 442 g/mol. The molecular formula is C21H24ClN3O3S2. The van der Waals surface area contributed by atoms with Gasteiger partial charge in [0.2, 0.25) is 11.8 Å². The summed E-state index contributed by atoms with van der Waals surface area (Å²) in [6, 6.07) is 7.44. The second kappa shape index (κ2) is 10.3. The summed E-state index contributed by atoms with van der Waals surface area (Å²) in [6.07, 6.45) is 3.77. The van der Waals surface area contributed by atoms with Gasteiger partial charge in [-0.3, -0.25) is 4.79 Å². The van der Waals surface area contributed by atoms with E-state index in [0.29, 0.717) is 35.0 Å². The van der Waals surface area contributed by atoms with Crippen molar-refractivity contribution in [3.63, 3.8) is 0 Å². The number of rotatable bonds is 9. The number of halogens is 1. The van der Waals surface area contributed by atoms with Gasteiger partial charge in [0.05, 0.1) is 34.7 Å². The highest BCUT2D eigenvalue weighted by Crippen LogP contribution is 2.31. The van der Waals surface area contributed by atoms with Crippen LogP contribution in [0.4, 0.5) is 5.13 Å². The third-order valence-corrected chi connectivity index (χ3v) is 6.22. The lowest BCUT2D eigenvalue weighted by Crippen LogP contribution is -2.14. The van der Waals surface area contributed by atoms with E-state index in [1.807, 2.05) is 24.3 Å². The molecule has 30 heavy (non-hydrogen) atoms. The van der Waals surface area contributed by atoms with Crippen molar-refractivity contribution in [2.75, 3.05) is 17.8 Å². The number of anilines is 1. The zero-order valence-electron chi connectivity index (χ0n) is 17.1. The predicted octanol–water partition coefficient (Wildman–Crippen LogP) is 5.52. The Balaban J connectivity index is 1.50. The number of aromatic nitrogens is 2. The van der Waals surface area contributed by atoms with Crippen LogP contribution >= 0.6 is 34.7 Å². The van der Waals surface area contributed by atoms with Crippen LogP contribution in [0.2, 0.25) is 0 Å². The number of hydrogen-bond acceptors (Lipinski definition) is 7. The molecule has 1 N–H and O–H groups in total. The number of nitrogens with one attached hydrogen (secondary N) is 1. The van der Waals surface area contributed by atoms with Crippen molar-refractivity contribution in [1.82, 2.24) is 9.97 Å². The molecule has 1 aromatic carbocycles. The van der Waals surface area contributed by atoms with E-state index in [0.717, 1.165) is 15.5 Å². The first-order valence-electron chi connectivity index (χ1n) is 9.45. The van der Waals surface area contributed by atoms with Crippen molar-refractivity contribution in [2.24, 2.45) is 0 Å². The molecule has 0 fully saturated rings. The second-order valence-electron chi connectivity index (χ2n) is 7.55. The van der Waals surface area contributed by atoms with Gasteiger partial charge >= 0.3 is 0 Å². The van der Waals surface area contributed by atoms with Crippen molar-refractivity contribution in [1.29, 1.82) is 0 Å². The smallest absolute Gasteiger partial charge is 0.230 e. The van der Waals surface area contributed by atoms with Crippen molar-refractivity contribution < 1.29 is 13.9 Å². The summed E-state index contributed by atoms with van der Waals surface area (Å²) in [4.78, 5) is 21.0. The molecule has 6 nitrogen and oxygen atoms in total. The number of benzene rings is 1. The third-order valence-electron chi connectivity index (χ3n) is 3.97. The SMILES string of the molecule is CC(C)(C)c1cnc(CSc2cnc(NC(=O)Cc3cccc(OCCCl)c3)s2)o1. The molecule has 0 aliphatic rings. The monoisotopic (exact) mass is 465 g/mol. The first-order chi connectivity index (χ1) is 14.3. The molecule has 0 bridgehead atoms. The summed E-state index contributed by atoms with van der Waals surface area (Å²) in [5.41, 5.74) is 0.803. The largest absolute Gasteiger partial charge is 0.492 e. The molecule has 0 radical (unpaired) electrons. The fraction of sp³-hybridized carbons (Fsp3) is 0.381. The lowest BCUT2D eigenvalue weighted by atomic mass is 9.94. The van der Waals surface area contributed by atoms with E-state index in [1.54, 1.807) is 24.2 Å². The number of oxazole rings is 1. The number of thiazole rings is 1. The Morgan fingerprint density at radius 3 is 2.87 bits per heavy atom. The van der Waals surface area contributed by atoms with Crippen LogP contribution in [0.3, 0.4) is 0 Å². The van der Waals surface area contributed by atoms with Crippen molar-refractivity contribution in [3.8, 4) is 5.75 Å². The molecule has 2 aromatic heterocycles. The van der Waals surface area contributed by atoms with Gasteiger partial charge in [-0.05, 0) is 17.7 Å². The van der Waals surface area contributed by atoms with Gasteiger partial charge in [0, 0.05) is 5.41 Å². The number of nitrogens with zero attached hydrogens (tertiary/aromatic N) is 2. The average Bonchev–Trinajstić information content (AvgIpc) is 3.34. The topological polar surface area (TPSA) is 77.2 Å². The maximum Gasteiger partial charge on any atom is 0.230 e. The van der Waals surface area contributed by atoms with E-state index in [1.165, 1.54) is 11.3 Å². The van der Waals surface area contributed by atoms with Crippen LogP contribution in [0.15, 0.2) is 45.3 Å². The molecule has 2 heterocycles. The summed E-state index contributed by atoms with van der Waals surface area (Å²) in [7, 11) is 0. The van der Waals surface area contributed by atoms with Gasteiger partial charge in [-0.15, -0.1) is 23.4 Å². The fourth-order valence-electron chi connectivity index (χ4n) is 2.49. The van der Waals surface area contributed by atoms with Crippen LogP contribution < -0.4 is 10.1 Å². The lowest BCUT2D eigenvalue weighted by Gasteiger charge is -2.12. The van der Waals surface area contributed by atoms with Gasteiger partial charge in [-0.25, -0.2) is 9.97 Å². The molecule has 3 rings (SSSR count). The van der Waals surface area contributed by atoms with Crippen LogP contribution in [0.5, 0.6) is 5.75 Å². The van der Waals surface area contributed by atoms with E-state index in [-0.39, 0.29) is 17.7 Å². The summed E-state index contributed by atoms with van der Waals surface area (Å²) in [5.74, 6) is 3.16. The Kier molecular flexibility index (Phi) is 7.80. The highest BCUT2D eigenvalue weighted by atomic mass is 35.5. The standard InChI is InChI=1S/C21H24ClN3O3S2/c1-21(2,3)16-11-23-18(28-16)13-29-19-12-24-20(30-19)25-17(26)10-14-5-4-6-15(9-14)27-8-7-22/h4-6,9,11-12H,7-8,10,13H2,1-3H3,(H,24,25,26). The quantitative estimate of drug-likeness (QED) is 0.331. The molecule has 0 spiro atoms. The van der Waals surface area contributed by atoms with E-state index >= 15 is 0 Å². The number of carbonyl (C=O) groups is 1. The van der Waals surface area contributed by atoms with Crippen LogP contribution in [0.25, 0.3) is 0 Å². The minimum absolute atomic E-state index is 0.0619. The minimum Gasteiger partial charge on any atom is -0.492 e. The normalized spacial score (nSPS) is 11.5. The van der Waals surface area contributed by atoms with Gasteiger partial charge in [-0.2, -0.15) is 0 Å². The first-order valence-corrected chi connectivity index (χ1v) is 11.8. The molecule has 160 valence electrons. The van der Waals surface area contributed by atoms with Gasteiger partial charge in [-0.1, -0.05) is 44.2 Å². The Labute approximate surface area is 189 Å². The van der Waals surface area contributed by atoms with Crippen molar-refractivity contribution in [3.05, 3.63) is 53.9 Å². The molecule has 0 saturated carbocycles. The Morgan fingerprint density at radius 2 is 2.13 bits per heavy atom. The third kappa shape index (κ3) is 6.75. The molecule has 9 heteroatoms. The van der Waals surface area contributed by atoms with Gasteiger partial charge in [0.1, 0.15) is 18.1 Å². The van der Waals surface area contributed by atoms with Crippen LogP contribution in [0, 0.1) is 0 Å². The zero-order valence-corrected chi connectivity index (χ0v) is 19.5. The van der Waals surface area contributed by atoms with Crippen molar-refractivity contribution in [2.45, 2.75) is 42.6 Å². The van der Waals surface area contributed by atoms with E-state index in [4.69, 9.17) is 20.8 Å². The summed E-state index contributed by atoms with van der Waals surface area (Å²) >= 11 is 8.65. The number of thioether (sulfide) groups is 1. The highest BCUT2D eigenvalue weighted by molar-refractivity contribution is 8.00. The van der Waals surface area contributed by atoms with Crippen LogP contribution in [-0.4, -0.2) is 28.4 Å². The Bertz CT molecular complexity index is 982. The molecule has 0 aliphatic carbocycles. The molecule has 0 atom stereocenters. The van der Waals surface area contributed by atoms with E-state index in [9.17, 15) is 4.79 Å².